The standard InChI is InChI=1S/C21H23NO7/c1-24-14-8-6-7-12(9-14)18-17(21(23)28-5)22-20(29-18)13-10-15(25-2)19(27-4)16(11-13)26-3/h6-11,17-18H,1-5H3/t17-,18+/m1/s1. The van der Waals surface area contributed by atoms with E-state index in [0.29, 0.717) is 28.6 Å². The molecule has 0 saturated carbocycles. The Bertz CT molecular complexity index is 900. The third-order valence-corrected chi connectivity index (χ3v) is 4.56. The smallest absolute Gasteiger partial charge is 0.335 e. The van der Waals surface area contributed by atoms with Crippen molar-refractivity contribution in [1.82, 2.24) is 0 Å². The van der Waals surface area contributed by atoms with Crippen molar-refractivity contribution in [3.63, 3.8) is 0 Å². The average Bonchev–Trinajstić information content (AvgIpc) is 3.23. The summed E-state index contributed by atoms with van der Waals surface area (Å²) in [6.07, 6.45) is -0.661. The lowest BCUT2D eigenvalue weighted by Gasteiger charge is -2.18. The fraction of sp³-hybridized carbons (Fsp3) is 0.333. The molecule has 0 unspecified atom stereocenters. The van der Waals surface area contributed by atoms with Crippen LogP contribution in [0.1, 0.15) is 17.2 Å². The number of hydrogen-bond acceptors (Lipinski definition) is 8. The van der Waals surface area contributed by atoms with Crippen LogP contribution in [-0.4, -0.2) is 53.5 Å². The predicted octanol–water partition coefficient (Wildman–Crippen LogP) is 2.78. The normalized spacial score (nSPS) is 17.8. The van der Waals surface area contributed by atoms with Gasteiger partial charge in [0.2, 0.25) is 11.6 Å². The van der Waals surface area contributed by atoms with Crippen molar-refractivity contribution in [1.29, 1.82) is 0 Å². The molecule has 8 heteroatoms. The zero-order valence-corrected chi connectivity index (χ0v) is 16.9. The Hall–Kier alpha value is -3.42. The Balaban J connectivity index is 2.03. The Morgan fingerprint density at radius 2 is 1.62 bits per heavy atom. The second kappa shape index (κ2) is 8.72. The van der Waals surface area contributed by atoms with Crippen LogP contribution >= 0.6 is 0 Å². The van der Waals surface area contributed by atoms with E-state index in [4.69, 9.17) is 28.4 Å². The van der Waals surface area contributed by atoms with Gasteiger partial charge in [0.1, 0.15) is 5.75 Å². The SMILES string of the molecule is COC(=O)[C@@H]1N=C(c2cc(OC)c(OC)c(OC)c2)O[C@H]1c1cccc(OC)c1. The van der Waals surface area contributed by atoms with E-state index >= 15 is 0 Å². The maximum Gasteiger partial charge on any atom is 0.335 e. The van der Waals surface area contributed by atoms with Crippen molar-refractivity contribution in [3.05, 3.63) is 47.5 Å². The summed E-state index contributed by atoms with van der Waals surface area (Å²) in [6.45, 7) is 0. The molecule has 29 heavy (non-hydrogen) atoms. The number of carbonyl (C=O) groups is 1. The third-order valence-electron chi connectivity index (χ3n) is 4.56. The highest BCUT2D eigenvalue weighted by Gasteiger charge is 2.39. The number of nitrogens with zero attached hydrogens (tertiary/aromatic N) is 1. The molecule has 0 fully saturated rings. The van der Waals surface area contributed by atoms with E-state index in [1.807, 2.05) is 18.2 Å². The van der Waals surface area contributed by atoms with Crippen LogP contribution in [0, 0.1) is 0 Å². The predicted molar refractivity (Wildman–Crippen MR) is 105 cm³/mol. The minimum atomic E-state index is -0.860. The van der Waals surface area contributed by atoms with Gasteiger partial charge in [-0.2, -0.15) is 0 Å². The Morgan fingerprint density at radius 3 is 2.17 bits per heavy atom. The summed E-state index contributed by atoms with van der Waals surface area (Å²) in [7, 11) is 7.46. The average molecular weight is 401 g/mol. The number of hydrogen-bond donors (Lipinski definition) is 0. The molecular formula is C21H23NO7. The minimum Gasteiger partial charge on any atom is -0.497 e. The van der Waals surface area contributed by atoms with E-state index in [0.717, 1.165) is 5.56 Å². The maximum atomic E-state index is 12.4. The highest BCUT2D eigenvalue weighted by atomic mass is 16.5. The highest BCUT2D eigenvalue weighted by Crippen LogP contribution is 2.40. The molecule has 0 aliphatic carbocycles. The van der Waals surface area contributed by atoms with Gasteiger partial charge in [0, 0.05) is 5.56 Å². The lowest BCUT2D eigenvalue weighted by molar-refractivity contribution is -0.143. The zero-order valence-electron chi connectivity index (χ0n) is 16.9. The maximum absolute atomic E-state index is 12.4. The molecule has 1 aliphatic rings. The summed E-state index contributed by atoms with van der Waals surface area (Å²) in [5, 5.41) is 0. The van der Waals surface area contributed by atoms with Gasteiger partial charge >= 0.3 is 5.97 Å². The number of carbonyl (C=O) groups excluding carboxylic acids is 1. The Kier molecular flexibility index (Phi) is 6.11. The number of esters is 1. The largest absolute Gasteiger partial charge is 0.497 e. The molecular weight excluding hydrogens is 378 g/mol. The quantitative estimate of drug-likeness (QED) is 0.660. The van der Waals surface area contributed by atoms with E-state index < -0.39 is 18.1 Å². The first kappa shape index (κ1) is 20.3. The lowest BCUT2D eigenvalue weighted by Crippen LogP contribution is -2.25. The molecule has 0 spiro atoms. The second-order valence-corrected chi connectivity index (χ2v) is 6.13. The van der Waals surface area contributed by atoms with Crippen molar-refractivity contribution in [2.24, 2.45) is 4.99 Å². The number of benzene rings is 2. The number of rotatable bonds is 7. The van der Waals surface area contributed by atoms with Gasteiger partial charge < -0.3 is 28.4 Å². The van der Waals surface area contributed by atoms with Crippen LogP contribution in [-0.2, 0) is 14.3 Å². The van der Waals surface area contributed by atoms with Gasteiger partial charge in [-0.1, -0.05) is 12.1 Å². The number of aliphatic imine (C=N–C) groups is 1. The summed E-state index contributed by atoms with van der Waals surface area (Å²) < 4.78 is 32.4. The molecule has 0 N–H and O–H groups in total. The summed E-state index contributed by atoms with van der Waals surface area (Å²) in [5.41, 5.74) is 1.32. The van der Waals surface area contributed by atoms with E-state index in [1.165, 1.54) is 28.4 Å². The van der Waals surface area contributed by atoms with Crippen molar-refractivity contribution in [3.8, 4) is 23.0 Å². The van der Waals surface area contributed by atoms with Crippen LogP contribution < -0.4 is 18.9 Å². The monoisotopic (exact) mass is 401 g/mol. The summed E-state index contributed by atoms with van der Waals surface area (Å²) in [4.78, 5) is 16.8. The summed E-state index contributed by atoms with van der Waals surface area (Å²) >= 11 is 0. The molecule has 0 radical (unpaired) electrons. The van der Waals surface area contributed by atoms with Gasteiger partial charge in [-0.3, -0.25) is 0 Å². The molecule has 1 aliphatic heterocycles. The van der Waals surface area contributed by atoms with E-state index in [1.54, 1.807) is 25.3 Å². The molecule has 2 aromatic carbocycles. The van der Waals surface area contributed by atoms with Crippen LogP contribution in [0.15, 0.2) is 41.4 Å². The van der Waals surface area contributed by atoms with Crippen molar-refractivity contribution < 1.29 is 33.2 Å². The van der Waals surface area contributed by atoms with Gasteiger partial charge in [-0.05, 0) is 29.8 Å². The molecule has 2 atom stereocenters. The Labute approximate surface area is 169 Å². The van der Waals surface area contributed by atoms with Crippen LogP contribution in [0.25, 0.3) is 0 Å². The highest BCUT2D eigenvalue weighted by molar-refractivity contribution is 5.99. The molecule has 0 saturated heterocycles. The molecule has 2 aromatic rings. The van der Waals surface area contributed by atoms with Gasteiger partial charge in [-0.15, -0.1) is 0 Å². The number of ether oxygens (including phenoxy) is 6. The zero-order chi connectivity index (χ0) is 21.0. The summed E-state index contributed by atoms with van der Waals surface area (Å²) in [6, 6.07) is 9.84. The van der Waals surface area contributed by atoms with Gasteiger partial charge in [-0.25, -0.2) is 9.79 Å². The van der Waals surface area contributed by atoms with Crippen molar-refractivity contribution in [2.45, 2.75) is 12.1 Å². The third kappa shape index (κ3) is 3.91. The number of methoxy groups -OCH3 is 5. The molecule has 8 nitrogen and oxygen atoms in total. The minimum absolute atomic E-state index is 0.271. The Morgan fingerprint density at radius 1 is 0.931 bits per heavy atom. The molecule has 1 heterocycles. The van der Waals surface area contributed by atoms with E-state index in [-0.39, 0.29) is 5.90 Å². The van der Waals surface area contributed by atoms with Crippen LogP contribution in [0.4, 0.5) is 0 Å². The van der Waals surface area contributed by atoms with Crippen molar-refractivity contribution in [2.75, 3.05) is 35.5 Å². The topological polar surface area (TPSA) is 84.8 Å². The lowest BCUT2D eigenvalue weighted by atomic mass is 10.0. The van der Waals surface area contributed by atoms with Gasteiger partial charge in [0.05, 0.1) is 35.5 Å². The first-order chi connectivity index (χ1) is 14.1. The van der Waals surface area contributed by atoms with Crippen molar-refractivity contribution >= 4 is 11.9 Å². The van der Waals surface area contributed by atoms with Crippen LogP contribution in [0.5, 0.6) is 23.0 Å². The molecule has 3 rings (SSSR count). The van der Waals surface area contributed by atoms with E-state index in [9.17, 15) is 4.79 Å². The molecule has 0 aromatic heterocycles. The molecule has 154 valence electrons. The molecule has 0 amide bonds. The fourth-order valence-corrected chi connectivity index (χ4v) is 3.12. The van der Waals surface area contributed by atoms with Crippen LogP contribution in [0.2, 0.25) is 0 Å². The summed E-state index contributed by atoms with van der Waals surface area (Å²) in [5.74, 6) is 1.77. The van der Waals surface area contributed by atoms with Crippen LogP contribution in [0.3, 0.4) is 0 Å². The van der Waals surface area contributed by atoms with E-state index in [2.05, 4.69) is 4.99 Å². The first-order valence-corrected chi connectivity index (χ1v) is 8.82. The van der Waals surface area contributed by atoms with Gasteiger partial charge in [0.25, 0.3) is 0 Å². The molecule has 0 bridgehead atoms. The van der Waals surface area contributed by atoms with Gasteiger partial charge in [0.15, 0.2) is 23.6 Å². The second-order valence-electron chi connectivity index (χ2n) is 6.13. The fourth-order valence-electron chi connectivity index (χ4n) is 3.12. The first-order valence-electron chi connectivity index (χ1n) is 8.82.